The molecule has 0 atom stereocenters. The lowest BCUT2D eigenvalue weighted by Crippen LogP contribution is -1.99. The van der Waals surface area contributed by atoms with Crippen LogP contribution in [0.2, 0.25) is 10.0 Å². The van der Waals surface area contributed by atoms with Gasteiger partial charge in [-0.1, -0.05) is 29.3 Å². The van der Waals surface area contributed by atoms with Gasteiger partial charge < -0.3 is 0 Å². The van der Waals surface area contributed by atoms with E-state index in [-0.39, 0.29) is 0 Å². The Bertz CT molecular complexity index is 522. The molecule has 0 saturated heterocycles. The van der Waals surface area contributed by atoms with Gasteiger partial charge in [0, 0.05) is 6.20 Å². The van der Waals surface area contributed by atoms with Crippen LogP contribution < -0.4 is 0 Å². The van der Waals surface area contributed by atoms with Gasteiger partial charge in [-0.05, 0) is 17.7 Å². The summed E-state index contributed by atoms with van der Waals surface area (Å²) in [6.45, 7) is 0.560. The van der Waals surface area contributed by atoms with Crippen LogP contribution in [0.3, 0.4) is 0 Å². The van der Waals surface area contributed by atoms with Gasteiger partial charge in [0.2, 0.25) is 0 Å². The lowest BCUT2D eigenvalue weighted by Gasteiger charge is -2.03. The Morgan fingerprint density at radius 3 is 2.75 bits per heavy atom. The molecule has 3 nitrogen and oxygen atoms in total. The molecule has 1 aromatic carbocycles. The average Bonchev–Trinajstić information content (AvgIpc) is 2.71. The molecular weight excluding hydrogens is 247 g/mol. The normalized spacial score (nSPS) is 10.4. The van der Waals surface area contributed by atoms with Gasteiger partial charge in [-0.15, -0.1) is 0 Å². The Morgan fingerprint density at radius 2 is 2.12 bits per heavy atom. The molecule has 0 radical (unpaired) electrons. The van der Waals surface area contributed by atoms with Crippen LogP contribution in [-0.4, -0.2) is 16.1 Å². The number of nitrogens with zero attached hydrogens (tertiary/aromatic N) is 2. The number of rotatable bonds is 3. The van der Waals surface area contributed by atoms with E-state index in [1.165, 1.54) is 6.20 Å². The third kappa shape index (κ3) is 2.43. The topological polar surface area (TPSA) is 34.9 Å². The minimum atomic E-state index is 0.516. The predicted octanol–water partition coefficient (Wildman–Crippen LogP) is 3.05. The summed E-state index contributed by atoms with van der Waals surface area (Å²) in [6, 6.07) is 5.39. The predicted molar refractivity (Wildman–Crippen MR) is 63.2 cm³/mol. The maximum atomic E-state index is 10.5. The van der Waals surface area contributed by atoms with Gasteiger partial charge in [0.25, 0.3) is 0 Å². The molecule has 0 bridgehead atoms. The number of aromatic nitrogens is 2. The Morgan fingerprint density at radius 1 is 1.31 bits per heavy atom. The van der Waals surface area contributed by atoms with E-state index < -0.39 is 0 Å². The minimum Gasteiger partial charge on any atom is -0.298 e. The van der Waals surface area contributed by atoms with Crippen LogP contribution in [-0.2, 0) is 6.54 Å². The van der Waals surface area contributed by atoms with Crippen molar-refractivity contribution in [3.05, 3.63) is 51.8 Å². The highest BCUT2D eigenvalue weighted by Crippen LogP contribution is 2.22. The van der Waals surface area contributed by atoms with E-state index in [9.17, 15) is 4.79 Å². The van der Waals surface area contributed by atoms with Crippen molar-refractivity contribution in [2.24, 2.45) is 0 Å². The average molecular weight is 255 g/mol. The van der Waals surface area contributed by atoms with Gasteiger partial charge in [0.1, 0.15) is 0 Å². The van der Waals surface area contributed by atoms with E-state index >= 15 is 0 Å². The number of benzene rings is 1. The van der Waals surface area contributed by atoms with Gasteiger partial charge in [-0.2, -0.15) is 5.10 Å². The van der Waals surface area contributed by atoms with Crippen molar-refractivity contribution < 1.29 is 4.79 Å². The fourth-order valence-electron chi connectivity index (χ4n) is 1.35. The van der Waals surface area contributed by atoms with E-state index in [0.29, 0.717) is 22.2 Å². The fraction of sp³-hybridized carbons (Fsp3) is 0.0909. The molecule has 1 heterocycles. The Labute approximate surface area is 103 Å². The number of halogens is 2. The van der Waals surface area contributed by atoms with Gasteiger partial charge in [0.05, 0.1) is 28.4 Å². The van der Waals surface area contributed by atoms with Crippen molar-refractivity contribution in [2.75, 3.05) is 0 Å². The zero-order valence-electron chi connectivity index (χ0n) is 8.23. The highest BCUT2D eigenvalue weighted by molar-refractivity contribution is 6.42. The largest absolute Gasteiger partial charge is 0.298 e. The molecular formula is C11H8Cl2N2O. The maximum Gasteiger partial charge on any atom is 0.153 e. The third-order valence-electron chi connectivity index (χ3n) is 2.12. The maximum absolute atomic E-state index is 10.5. The first-order valence-electron chi connectivity index (χ1n) is 4.60. The van der Waals surface area contributed by atoms with Crippen molar-refractivity contribution >= 4 is 29.5 Å². The van der Waals surface area contributed by atoms with E-state index in [1.54, 1.807) is 23.0 Å². The molecule has 82 valence electrons. The molecule has 0 aliphatic heterocycles. The second-order valence-corrected chi connectivity index (χ2v) is 4.15. The number of hydrogen-bond acceptors (Lipinski definition) is 2. The van der Waals surface area contributed by atoms with Crippen LogP contribution >= 0.6 is 23.2 Å². The fourth-order valence-corrected chi connectivity index (χ4v) is 1.67. The van der Waals surface area contributed by atoms with E-state index in [1.807, 2.05) is 6.07 Å². The number of hydrogen-bond donors (Lipinski definition) is 0. The zero-order chi connectivity index (χ0) is 11.5. The molecule has 0 fully saturated rings. The standard InChI is InChI=1S/C11H8Cl2N2O/c12-10-2-1-8(3-11(10)13)5-15-6-9(7-16)4-14-15/h1-4,6-7H,5H2. The van der Waals surface area contributed by atoms with E-state index in [0.717, 1.165) is 11.8 Å². The molecule has 0 unspecified atom stereocenters. The van der Waals surface area contributed by atoms with Crippen LogP contribution in [0.4, 0.5) is 0 Å². The number of aldehydes is 1. The van der Waals surface area contributed by atoms with Gasteiger partial charge in [0.15, 0.2) is 6.29 Å². The van der Waals surface area contributed by atoms with Gasteiger partial charge in [-0.25, -0.2) is 0 Å². The van der Waals surface area contributed by atoms with Crippen LogP contribution in [0.15, 0.2) is 30.6 Å². The van der Waals surface area contributed by atoms with Gasteiger partial charge in [-0.3, -0.25) is 9.48 Å². The monoisotopic (exact) mass is 254 g/mol. The lowest BCUT2D eigenvalue weighted by molar-refractivity contribution is 0.112. The van der Waals surface area contributed by atoms with Crippen LogP contribution in [0.1, 0.15) is 15.9 Å². The Hall–Kier alpha value is -1.32. The molecule has 0 spiro atoms. The SMILES string of the molecule is O=Cc1cnn(Cc2ccc(Cl)c(Cl)c2)c1. The molecule has 1 aromatic heterocycles. The summed E-state index contributed by atoms with van der Waals surface area (Å²) in [7, 11) is 0. The number of carbonyl (C=O) groups excluding carboxylic acids is 1. The molecule has 16 heavy (non-hydrogen) atoms. The van der Waals surface area contributed by atoms with Crippen molar-refractivity contribution in [1.29, 1.82) is 0 Å². The molecule has 2 rings (SSSR count). The third-order valence-corrected chi connectivity index (χ3v) is 2.86. The highest BCUT2D eigenvalue weighted by atomic mass is 35.5. The Kier molecular flexibility index (Phi) is 3.27. The molecule has 2 aromatic rings. The summed E-state index contributed by atoms with van der Waals surface area (Å²) in [5.41, 5.74) is 1.54. The first-order chi connectivity index (χ1) is 7.69. The molecule has 0 aliphatic rings. The number of carbonyl (C=O) groups is 1. The molecule has 0 aliphatic carbocycles. The van der Waals surface area contributed by atoms with Crippen LogP contribution in [0.25, 0.3) is 0 Å². The molecule has 5 heteroatoms. The van der Waals surface area contributed by atoms with Crippen molar-refractivity contribution in [2.45, 2.75) is 6.54 Å². The zero-order valence-corrected chi connectivity index (χ0v) is 9.74. The van der Waals surface area contributed by atoms with E-state index in [2.05, 4.69) is 5.10 Å². The van der Waals surface area contributed by atoms with Crippen molar-refractivity contribution in [3.63, 3.8) is 0 Å². The first kappa shape index (κ1) is 11.2. The van der Waals surface area contributed by atoms with Crippen LogP contribution in [0, 0.1) is 0 Å². The van der Waals surface area contributed by atoms with Crippen molar-refractivity contribution in [1.82, 2.24) is 9.78 Å². The summed E-state index contributed by atoms with van der Waals surface area (Å²) >= 11 is 11.7. The molecule has 0 amide bonds. The smallest absolute Gasteiger partial charge is 0.153 e. The van der Waals surface area contributed by atoms with Crippen LogP contribution in [0.5, 0.6) is 0 Å². The molecule has 0 saturated carbocycles. The summed E-state index contributed by atoms with van der Waals surface area (Å²) in [4.78, 5) is 10.5. The molecule has 0 N–H and O–H groups in total. The summed E-state index contributed by atoms with van der Waals surface area (Å²) in [5, 5.41) is 5.09. The summed E-state index contributed by atoms with van der Waals surface area (Å²) in [5.74, 6) is 0. The van der Waals surface area contributed by atoms with Crippen molar-refractivity contribution in [3.8, 4) is 0 Å². The second-order valence-electron chi connectivity index (χ2n) is 3.34. The van der Waals surface area contributed by atoms with E-state index in [4.69, 9.17) is 23.2 Å². The lowest BCUT2D eigenvalue weighted by atomic mass is 10.2. The quantitative estimate of drug-likeness (QED) is 0.790. The summed E-state index contributed by atoms with van der Waals surface area (Å²) < 4.78 is 1.67. The Balaban J connectivity index is 2.20. The highest BCUT2D eigenvalue weighted by Gasteiger charge is 2.02. The van der Waals surface area contributed by atoms with Gasteiger partial charge >= 0.3 is 0 Å². The second kappa shape index (κ2) is 4.68. The minimum absolute atomic E-state index is 0.516. The summed E-state index contributed by atoms with van der Waals surface area (Å²) in [6.07, 6.45) is 3.96. The first-order valence-corrected chi connectivity index (χ1v) is 5.36.